The lowest BCUT2D eigenvalue weighted by molar-refractivity contribution is -0.123. The Hall–Kier alpha value is -1.35. The molecule has 0 atom stereocenters. The van der Waals surface area contributed by atoms with Gasteiger partial charge in [-0.1, -0.05) is 24.3 Å². The zero-order valence-corrected chi connectivity index (χ0v) is 10.7. The van der Waals surface area contributed by atoms with Gasteiger partial charge in [0.05, 0.1) is 5.60 Å². The molecular formula is C15H19NO2. The van der Waals surface area contributed by atoms with Crippen molar-refractivity contribution in [1.82, 2.24) is 5.32 Å². The summed E-state index contributed by atoms with van der Waals surface area (Å²) in [5.41, 5.74) is 2.45. The molecule has 1 aromatic rings. The van der Waals surface area contributed by atoms with Crippen LogP contribution in [0.1, 0.15) is 24.0 Å². The summed E-state index contributed by atoms with van der Waals surface area (Å²) in [5.74, 6) is 0.463. The second kappa shape index (κ2) is 4.39. The molecule has 1 saturated carbocycles. The Morgan fingerprint density at radius 1 is 1.33 bits per heavy atom. The molecule has 0 bridgehead atoms. The second-order valence-corrected chi connectivity index (χ2v) is 5.50. The first kappa shape index (κ1) is 11.7. The molecule has 0 aliphatic heterocycles. The van der Waals surface area contributed by atoms with Gasteiger partial charge >= 0.3 is 0 Å². The van der Waals surface area contributed by atoms with E-state index in [1.54, 1.807) is 7.11 Å². The molecule has 1 amide bonds. The zero-order valence-electron chi connectivity index (χ0n) is 10.7. The Labute approximate surface area is 108 Å². The van der Waals surface area contributed by atoms with E-state index in [4.69, 9.17) is 4.74 Å². The highest BCUT2D eigenvalue weighted by Crippen LogP contribution is 2.33. The number of carbonyl (C=O) groups excluding carboxylic acids is 1. The minimum absolute atomic E-state index is 0.197. The van der Waals surface area contributed by atoms with Crippen LogP contribution in [-0.4, -0.2) is 25.2 Å². The van der Waals surface area contributed by atoms with Gasteiger partial charge in [0.15, 0.2) is 0 Å². The van der Waals surface area contributed by atoms with Crippen LogP contribution in [-0.2, 0) is 22.4 Å². The number of carbonyl (C=O) groups is 1. The van der Waals surface area contributed by atoms with E-state index in [-0.39, 0.29) is 17.4 Å². The van der Waals surface area contributed by atoms with Crippen LogP contribution in [0.2, 0.25) is 0 Å². The summed E-state index contributed by atoms with van der Waals surface area (Å²) in [5, 5.41) is 3.05. The lowest BCUT2D eigenvalue weighted by Crippen LogP contribution is -2.45. The predicted octanol–water partition coefficient (Wildman–Crippen LogP) is 1.70. The molecule has 0 spiro atoms. The Balaban J connectivity index is 1.67. The minimum atomic E-state index is -0.242. The van der Waals surface area contributed by atoms with Gasteiger partial charge in [-0.25, -0.2) is 0 Å². The van der Waals surface area contributed by atoms with Crippen molar-refractivity contribution in [1.29, 1.82) is 0 Å². The quantitative estimate of drug-likeness (QED) is 0.876. The summed E-state index contributed by atoms with van der Waals surface area (Å²) >= 11 is 0. The van der Waals surface area contributed by atoms with Crippen LogP contribution in [0.15, 0.2) is 24.3 Å². The predicted molar refractivity (Wildman–Crippen MR) is 69.3 cm³/mol. The highest BCUT2D eigenvalue weighted by atomic mass is 16.5. The highest BCUT2D eigenvalue weighted by Gasteiger charge is 2.38. The average molecular weight is 245 g/mol. The third-order valence-electron chi connectivity index (χ3n) is 4.11. The molecule has 1 aromatic carbocycles. The third-order valence-corrected chi connectivity index (χ3v) is 4.11. The number of rotatable bonds is 4. The van der Waals surface area contributed by atoms with Crippen molar-refractivity contribution in [3.8, 4) is 0 Å². The van der Waals surface area contributed by atoms with Gasteiger partial charge in [0, 0.05) is 32.4 Å². The lowest BCUT2D eigenvalue weighted by Gasteiger charge is -2.27. The number of nitrogens with one attached hydrogen (secondary N) is 1. The molecule has 0 aromatic heterocycles. The van der Waals surface area contributed by atoms with E-state index in [9.17, 15) is 4.79 Å². The van der Waals surface area contributed by atoms with Gasteiger partial charge < -0.3 is 10.1 Å². The van der Waals surface area contributed by atoms with Crippen molar-refractivity contribution < 1.29 is 9.53 Å². The van der Waals surface area contributed by atoms with Crippen molar-refractivity contribution in [3.05, 3.63) is 35.4 Å². The van der Waals surface area contributed by atoms with E-state index in [2.05, 4.69) is 29.6 Å². The Kier molecular flexibility index (Phi) is 2.86. The zero-order chi connectivity index (χ0) is 12.6. The molecule has 2 aliphatic carbocycles. The van der Waals surface area contributed by atoms with Gasteiger partial charge in [-0.2, -0.15) is 0 Å². The van der Waals surface area contributed by atoms with E-state index < -0.39 is 0 Å². The molecule has 18 heavy (non-hydrogen) atoms. The van der Waals surface area contributed by atoms with E-state index in [1.165, 1.54) is 11.1 Å². The van der Waals surface area contributed by atoms with Gasteiger partial charge in [-0.15, -0.1) is 0 Å². The Morgan fingerprint density at radius 2 is 1.94 bits per heavy atom. The maximum absolute atomic E-state index is 11.7. The molecule has 3 nitrogen and oxygen atoms in total. The topological polar surface area (TPSA) is 38.3 Å². The molecule has 1 N–H and O–H groups in total. The fourth-order valence-electron chi connectivity index (χ4n) is 2.74. The number of amides is 1. The molecule has 96 valence electrons. The third kappa shape index (κ3) is 2.15. The first-order chi connectivity index (χ1) is 8.72. The van der Waals surface area contributed by atoms with Crippen molar-refractivity contribution in [2.24, 2.45) is 5.92 Å². The van der Waals surface area contributed by atoms with E-state index in [1.807, 2.05) is 0 Å². The smallest absolute Gasteiger partial charge is 0.223 e. The Morgan fingerprint density at radius 3 is 2.44 bits per heavy atom. The van der Waals surface area contributed by atoms with E-state index in [0.29, 0.717) is 6.54 Å². The van der Waals surface area contributed by atoms with Crippen LogP contribution in [0.5, 0.6) is 0 Å². The lowest BCUT2D eigenvalue weighted by atomic mass is 10.00. The van der Waals surface area contributed by atoms with Gasteiger partial charge in [0.1, 0.15) is 0 Å². The summed E-state index contributed by atoms with van der Waals surface area (Å²) in [7, 11) is 1.75. The van der Waals surface area contributed by atoms with Gasteiger partial charge in [-0.05, 0) is 24.0 Å². The van der Waals surface area contributed by atoms with Crippen molar-refractivity contribution in [2.75, 3.05) is 13.7 Å². The van der Waals surface area contributed by atoms with Gasteiger partial charge in [0.25, 0.3) is 0 Å². The maximum Gasteiger partial charge on any atom is 0.223 e. The number of hydrogen-bond donors (Lipinski definition) is 1. The number of methoxy groups -OCH3 is 1. The molecule has 2 aliphatic rings. The first-order valence-electron chi connectivity index (χ1n) is 6.62. The number of fused-ring (bicyclic) bond motifs is 1. The van der Waals surface area contributed by atoms with Crippen LogP contribution >= 0.6 is 0 Å². The summed E-state index contributed by atoms with van der Waals surface area (Å²) in [6.07, 6.45) is 3.88. The maximum atomic E-state index is 11.7. The summed E-state index contributed by atoms with van der Waals surface area (Å²) in [4.78, 5) is 11.7. The summed E-state index contributed by atoms with van der Waals surface area (Å²) in [6, 6.07) is 8.43. The highest BCUT2D eigenvalue weighted by molar-refractivity contribution is 5.80. The molecule has 0 heterocycles. The average Bonchev–Trinajstić information content (AvgIpc) is 3.17. The van der Waals surface area contributed by atoms with Crippen LogP contribution in [0.4, 0.5) is 0 Å². The van der Waals surface area contributed by atoms with Crippen LogP contribution in [0.3, 0.4) is 0 Å². The van der Waals surface area contributed by atoms with Crippen molar-refractivity contribution in [3.63, 3.8) is 0 Å². The van der Waals surface area contributed by atoms with Crippen molar-refractivity contribution >= 4 is 5.91 Å². The Bertz CT molecular complexity index is 440. The van der Waals surface area contributed by atoms with E-state index in [0.717, 1.165) is 25.7 Å². The van der Waals surface area contributed by atoms with Crippen LogP contribution in [0.25, 0.3) is 0 Å². The number of hydrogen-bond acceptors (Lipinski definition) is 2. The molecule has 0 saturated heterocycles. The molecule has 0 radical (unpaired) electrons. The minimum Gasteiger partial charge on any atom is -0.376 e. The molecule has 3 heteroatoms. The first-order valence-corrected chi connectivity index (χ1v) is 6.62. The number of benzene rings is 1. The monoisotopic (exact) mass is 245 g/mol. The summed E-state index contributed by atoms with van der Waals surface area (Å²) in [6.45, 7) is 0.619. The fraction of sp³-hybridized carbons (Fsp3) is 0.533. The van der Waals surface area contributed by atoms with Crippen LogP contribution < -0.4 is 5.32 Å². The molecule has 0 unspecified atom stereocenters. The largest absolute Gasteiger partial charge is 0.376 e. The normalized spacial score (nSPS) is 20.5. The van der Waals surface area contributed by atoms with Gasteiger partial charge in [0.2, 0.25) is 5.91 Å². The van der Waals surface area contributed by atoms with Crippen LogP contribution in [0, 0.1) is 5.92 Å². The molecule has 1 fully saturated rings. The van der Waals surface area contributed by atoms with Crippen molar-refractivity contribution in [2.45, 2.75) is 31.3 Å². The number of ether oxygens (including phenoxy) is 1. The second-order valence-electron chi connectivity index (χ2n) is 5.50. The molecular weight excluding hydrogens is 226 g/mol. The SMILES string of the molecule is COC1(CNC(=O)C2CC2)Cc2ccccc2C1. The fourth-order valence-corrected chi connectivity index (χ4v) is 2.74. The summed E-state index contributed by atoms with van der Waals surface area (Å²) < 4.78 is 5.72. The van der Waals surface area contributed by atoms with E-state index >= 15 is 0 Å². The standard InChI is InChI=1S/C15H19NO2/c1-18-15(10-16-14(17)11-6-7-11)8-12-4-2-3-5-13(12)9-15/h2-5,11H,6-10H2,1H3,(H,16,17). The molecule has 3 rings (SSSR count). The van der Waals surface area contributed by atoms with Gasteiger partial charge in [-0.3, -0.25) is 4.79 Å².